The van der Waals surface area contributed by atoms with Crippen LogP contribution in [0.2, 0.25) is 0 Å². The molecular weight excluding hydrogens is 327 g/mol. The second kappa shape index (κ2) is 7.16. The van der Waals surface area contributed by atoms with Gasteiger partial charge in [-0.3, -0.25) is 4.79 Å². The summed E-state index contributed by atoms with van der Waals surface area (Å²) in [6.07, 6.45) is -4.54. The summed E-state index contributed by atoms with van der Waals surface area (Å²) in [5.41, 5.74) is -1.10. The highest BCUT2D eigenvalue weighted by Crippen LogP contribution is 2.35. The lowest BCUT2D eigenvalue weighted by molar-refractivity contribution is -0.137. The normalized spacial score (nSPS) is 11.0. The minimum absolute atomic E-state index is 0.0714. The number of nitrogens with zero attached hydrogens (tertiary/aromatic N) is 2. The van der Waals surface area contributed by atoms with Crippen molar-refractivity contribution in [1.29, 1.82) is 0 Å². The van der Waals surface area contributed by atoms with Crippen LogP contribution in [0.1, 0.15) is 23.0 Å². The first kappa shape index (κ1) is 17.5. The number of benzene rings is 1. The third-order valence-electron chi connectivity index (χ3n) is 2.94. The van der Waals surface area contributed by atoms with Crippen molar-refractivity contribution in [3.05, 3.63) is 41.6 Å². The molecule has 0 aliphatic heterocycles. The number of rotatable bonds is 5. The predicted molar refractivity (Wildman–Crippen MR) is 79.2 cm³/mol. The lowest BCUT2D eigenvalue weighted by atomic mass is 10.1. The molecule has 0 unspecified atom stereocenters. The third-order valence-corrected chi connectivity index (χ3v) is 2.94. The molecule has 9 heteroatoms. The molecule has 0 spiro atoms. The van der Waals surface area contributed by atoms with E-state index >= 15 is 0 Å². The second-order valence-corrected chi connectivity index (χ2v) is 4.56. The van der Waals surface area contributed by atoms with E-state index in [2.05, 4.69) is 15.5 Å². The van der Waals surface area contributed by atoms with Gasteiger partial charge >= 0.3 is 6.18 Å². The van der Waals surface area contributed by atoms with Crippen LogP contribution in [0.5, 0.6) is 11.6 Å². The molecule has 1 heterocycles. The van der Waals surface area contributed by atoms with Crippen molar-refractivity contribution in [3.8, 4) is 11.6 Å². The largest absolute Gasteiger partial charge is 0.495 e. The van der Waals surface area contributed by atoms with Crippen molar-refractivity contribution in [2.45, 2.75) is 13.1 Å². The lowest BCUT2D eigenvalue weighted by Crippen LogP contribution is -2.16. The molecule has 2 rings (SSSR count). The maximum Gasteiger partial charge on any atom is 0.416 e. The summed E-state index contributed by atoms with van der Waals surface area (Å²) in [5, 5.41) is 9.69. The molecule has 1 N–H and O–H groups in total. The van der Waals surface area contributed by atoms with Crippen molar-refractivity contribution in [3.63, 3.8) is 0 Å². The van der Waals surface area contributed by atoms with Crippen LogP contribution in [0, 0.1) is 0 Å². The standard InChI is InChI=1S/C15H14F3N3O3/c1-3-24-13-7-5-10(20-21-13)14(22)19-11-8-9(15(16,17)18)4-6-12(11)23-2/h4-8H,3H2,1-2H3,(H,19,22). The van der Waals surface area contributed by atoms with E-state index in [4.69, 9.17) is 9.47 Å². The van der Waals surface area contributed by atoms with Gasteiger partial charge in [0.15, 0.2) is 5.69 Å². The lowest BCUT2D eigenvalue weighted by Gasteiger charge is -2.13. The van der Waals surface area contributed by atoms with Crippen molar-refractivity contribution in [2.24, 2.45) is 0 Å². The Labute approximate surface area is 135 Å². The summed E-state index contributed by atoms with van der Waals surface area (Å²) in [6, 6.07) is 5.58. The Morgan fingerprint density at radius 3 is 2.50 bits per heavy atom. The van der Waals surface area contributed by atoms with E-state index in [1.54, 1.807) is 6.92 Å². The summed E-state index contributed by atoms with van der Waals surface area (Å²) in [5.74, 6) is -0.385. The molecule has 1 aromatic carbocycles. The maximum absolute atomic E-state index is 12.8. The monoisotopic (exact) mass is 341 g/mol. The Hall–Kier alpha value is -2.84. The average molecular weight is 341 g/mol. The van der Waals surface area contributed by atoms with Gasteiger partial charge in [-0.05, 0) is 31.2 Å². The molecule has 1 amide bonds. The van der Waals surface area contributed by atoms with Crippen LogP contribution >= 0.6 is 0 Å². The molecule has 0 bridgehead atoms. The number of methoxy groups -OCH3 is 1. The van der Waals surface area contributed by atoms with Crippen LogP contribution < -0.4 is 14.8 Å². The van der Waals surface area contributed by atoms with Gasteiger partial charge in [-0.2, -0.15) is 13.2 Å². The number of alkyl halides is 3. The molecule has 0 fully saturated rings. The Balaban J connectivity index is 2.24. The molecule has 0 aliphatic rings. The first-order valence-corrected chi connectivity index (χ1v) is 6.88. The SMILES string of the molecule is CCOc1ccc(C(=O)Nc2cc(C(F)(F)F)ccc2OC)nn1. The zero-order valence-corrected chi connectivity index (χ0v) is 12.8. The topological polar surface area (TPSA) is 73.3 Å². The van der Waals surface area contributed by atoms with Crippen LogP contribution in [0.3, 0.4) is 0 Å². The number of carbonyl (C=O) groups excluding carboxylic acids is 1. The molecule has 0 saturated carbocycles. The molecule has 0 atom stereocenters. The van der Waals surface area contributed by atoms with E-state index in [0.717, 1.165) is 18.2 Å². The van der Waals surface area contributed by atoms with Crippen LogP contribution in [0.25, 0.3) is 0 Å². The minimum Gasteiger partial charge on any atom is -0.495 e. The maximum atomic E-state index is 12.8. The zero-order chi connectivity index (χ0) is 17.7. The second-order valence-electron chi connectivity index (χ2n) is 4.56. The Morgan fingerprint density at radius 1 is 1.21 bits per heavy atom. The molecule has 1 aromatic heterocycles. The Morgan fingerprint density at radius 2 is 1.96 bits per heavy atom. The van der Waals surface area contributed by atoms with Gasteiger partial charge in [-0.15, -0.1) is 10.2 Å². The number of aromatic nitrogens is 2. The summed E-state index contributed by atoms with van der Waals surface area (Å²) >= 11 is 0. The highest BCUT2D eigenvalue weighted by atomic mass is 19.4. The number of hydrogen-bond acceptors (Lipinski definition) is 5. The first-order valence-electron chi connectivity index (χ1n) is 6.88. The summed E-state index contributed by atoms with van der Waals surface area (Å²) < 4.78 is 48.4. The number of ether oxygens (including phenoxy) is 2. The van der Waals surface area contributed by atoms with Crippen molar-refractivity contribution in [2.75, 3.05) is 19.0 Å². The quantitative estimate of drug-likeness (QED) is 0.904. The van der Waals surface area contributed by atoms with Gasteiger partial charge in [0.05, 0.1) is 25.0 Å². The van der Waals surface area contributed by atoms with Crippen LogP contribution in [-0.4, -0.2) is 29.8 Å². The molecule has 0 radical (unpaired) electrons. The Bertz CT molecular complexity index is 718. The van der Waals surface area contributed by atoms with E-state index in [-0.39, 0.29) is 23.0 Å². The fourth-order valence-electron chi connectivity index (χ4n) is 1.83. The number of amides is 1. The smallest absolute Gasteiger partial charge is 0.416 e. The number of hydrogen-bond donors (Lipinski definition) is 1. The number of carbonyl (C=O) groups is 1. The van der Waals surface area contributed by atoms with Gasteiger partial charge in [0.2, 0.25) is 5.88 Å². The van der Waals surface area contributed by atoms with E-state index in [1.807, 2.05) is 0 Å². The number of anilines is 1. The van der Waals surface area contributed by atoms with E-state index in [0.29, 0.717) is 6.61 Å². The van der Waals surface area contributed by atoms with Crippen molar-refractivity contribution in [1.82, 2.24) is 10.2 Å². The van der Waals surface area contributed by atoms with E-state index in [1.165, 1.54) is 19.2 Å². The molecule has 24 heavy (non-hydrogen) atoms. The van der Waals surface area contributed by atoms with Crippen LogP contribution in [0.4, 0.5) is 18.9 Å². The molecule has 128 valence electrons. The van der Waals surface area contributed by atoms with Crippen molar-refractivity contribution >= 4 is 11.6 Å². The summed E-state index contributed by atoms with van der Waals surface area (Å²) in [7, 11) is 1.29. The Kier molecular flexibility index (Phi) is 5.22. The van der Waals surface area contributed by atoms with Gasteiger partial charge in [-0.25, -0.2) is 0 Å². The highest BCUT2D eigenvalue weighted by Gasteiger charge is 2.31. The van der Waals surface area contributed by atoms with Crippen molar-refractivity contribution < 1.29 is 27.4 Å². The van der Waals surface area contributed by atoms with Gasteiger partial charge in [0, 0.05) is 6.07 Å². The average Bonchev–Trinajstić information content (AvgIpc) is 2.55. The van der Waals surface area contributed by atoms with Gasteiger partial charge in [-0.1, -0.05) is 0 Å². The van der Waals surface area contributed by atoms with Gasteiger partial charge < -0.3 is 14.8 Å². The molecule has 6 nitrogen and oxygen atoms in total. The van der Waals surface area contributed by atoms with Gasteiger partial charge in [0.1, 0.15) is 5.75 Å². The summed E-state index contributed by atoms with van der Waals surface area (Å²) in [6.45, 7) is 2.16. The minimum atomic E-state index is -4.54. The summed E-state index contributed by atoms with van der Waals surface area (Å²) in [4.78, 5) is 12.1. The van der Waals surface area contributed by atoms with E-state index in [9.17, 15) is 18.0 Å². The molecule has 2 aromatic rings. The van der Waals surface area contributed by atoms with E-state index < -0.39 is 17.6 Å². The van der Waals surface area contributed by atoms with Gasteiger partial charge in [0.25, 0.3) is 5.91 Å². The number of halogens is 3. The fraction of sp³-hybridized carbons (Fsp3) is 0.267. The zero-order valence-electron chi connectivity index (χ0n) is 12.8. The molecule has 0 saturated heterocycles. The third kappa shape index (κ3) is 4.12. The molecule has 0 aliphatic carbocycles. The predicted octanol–water partition coefficient (Wildman–Crippen LogP) is 3.16. The van der Waals surface area contributed by atoms with Crippen LogP contribution in [0.15, 0.2) is 30.3 Å². The van der Waals surface area contributed by atoms with Crippen LogP contribution in [-0.2, 0) is 6.18 Å². The highest BCUT2D eigenvalue weighted by molar-refractivity contribution is 6.03. The number of nitrogens with one attached hydrogen (secondary N) is 1. The fourth-order valence-corrected chi connectivity index (χ4v) is 1.83. The molecular formula is C15H14F3N3O3. The first-order chi connectivity index (χ1) is 11.3.